The number of hydrogen-bond acceptors (Lipinski definition) is 7. The first-order chi connectivity index (χ1) is 13.6. The van der Waals surface area contributed by atoms with E-state index in [-0.39, 0.29) is 5.76 Å². The van der Waals surface area contributed by atoms with Crippen molar-refractivity contribution in [3.05, 3.63) is 72.0 Å². The van der Waals surface area contributed by atoms with E-state index >= 15 is 0 Å². The number of carbonyl (C=O) groups is 3. The smallest absolute Gasteiger partial charge is 0.377 e. The van der Waals surface area contributed by atoms with Gasteiger partial charge in [0.15, 0.2) is 6.61 Å². The van der Waals surface area contributed by atoms with Crippen molar-refractivity contribution >= 4 is 23.5 Å². The van der Waals surface area contributed by atoms with Crippen LogP contribution in [-0.2, 0) is 14.3 Å². The molecule has 8 heteroatoms. The molecule has 0 bridgehead atoms. The van der Waals surface area contributed by atoms with Crippen molar-refractivity contribution in [3.63, 3.8) is 0 Å². The fraction of sp³-hybridized carbons (Fsp3) is 0.100. The Morgan fingerprint density at radius 1 is 1.00 bits per heavy atom. The van der Waals surface area contributed by atoms with E-state index in [2.05, 4.69) is 15.2 Å². The van der Waals surface area contributed by atoms with Gasteiger partial charge in [0.05, 0.1) is 12.7 Å². The number of amides is 1. The molecule has 1 heterocycles. The molecule has 2 aromatic carbocycles. The van der Waals surface area contributed by atoms with Gasteiger partial charge in [-0.1, -0.05) is 35.5 Å². The molecule has 1 N–H and O–H groups in total. The van der Waals surface area contributed by atoms with Crippen LogP contribution in [0.25, 0.3) is 11.3 Å². The zero-order valence-corrected chi connectivity index (χ0v) is 14.9. The molecule has 1 amide bonds. The second-order valence-electron chi connectivity index (χ2n) is 5.64. The largest absolute Gasteiger partial charge is 0.465 e. The highest BCUT2D eigenvalue weighted by atomic mass is 16.6. The van der Waals surface area contributed by atoms with Crippen molar-refractivity contribution in [2.75, 3.05) is 19.0 Å². The van der Waals surface area contributed by atoms with E-state index in [9.17, 15) is 14.4 Å². The van der Waals surface area contributed by atoms with Crippen LogP contribution in [0.3, 0.4) is 0 Å². The second-order valence-corrected chi connectivity index (χ2v) is 5.64. The normalized spacial score (nSPS) is 10.2. The zero-order valence-electron chi connectivity index (χ0n) is 14.9. The van der Waals surface area contributed by atoms with Crippen molar-refractivity contribution < 1.29 is 28.4 Å². The van der Waals surface area contributed by atoms with Crippen LogP contribution in [0.1, 0.15) is 20.9 Å². The maximum Gasteiger partial charge on any atom is 0.377 e. The summed E-state index contributed by atoms with van der Waals surface area (Å²) in [4.78, 5) is 35.3. The van der Waals surface area contributed by atoms with Crippen LogP contribution in [0.15, 0.2) is 65.2 Å². The Morgan fingerprint density at radius 2 is 1.71 bits per heavy atom. The van der Waals surface area contributed by atoms with E-state index < -0.39 is 24.5 Å². The molecule has 0 aliphatic carbocycles. The number of hydrogen-bond donors (Lipinski definition) is 1. The van der Waals surface area contributed by atoms with Gasteiger partial charge in [-0.15, -0.1) is 0 Å². The average Bonchev–Trinajstić information content (AvgIpc) is 3.23. The van der Waals surface area contributed by atoms with Crippen LogP contribution < -0.4 is 5.32 Å². The van der Waals surface area contributed by atoms with E-state index in [1.54, 1.807) is 0 Å². The van der Waals surface area contributed by atoms with Crippen molar-refractivity contribution in [3.8, 4) is 11.3 Å². The molecule has 0 aliphatic heterocycles. The maximum absolute atomic E-state index is 12.0. The molecule has 0 aliphatic rings. The number of carbonyl (C=O) groups excluding carboxylic acids is 3. The quantitative estimate of drug-likeness (QED) is 0.655. The van der Waals surface area contributed by atoms with Crippen molar-refractivity contribution in [1.29, 1.82) is 0 Å². The fourth-order valence-electron chi connectivity index (χ4n) is 2.32. The first-order valence-electron chi connectivity index (χ1n) is 8.24. The Labute approximate surface area is 160 Å². The summed E-state index contributed by atoms with van der Waals surface area (Å²) in [6.07, 6.45) is 0. The molecule has 0 saturated heterocycles. The number of nitrogens with one attached hydrogen (secondary N) is 1. The molecule has 0 spiro atoms. The second kappa shape index (κ2) is 8.63. The standard InChI is InChI=1S/C20H16N2O6/c1-26-19(24)14-7-9-15(10-8-14)21-18(23)12-27-20(25)17-11-16(22-28-17)13-5-3-2-4-6-13/h2-11H,12H2,1H3,(H,21,23). The SMILES string of the molecule is COC(=O)c1ccc(NC(=O)COC(=O)c2cc(-c3ccccc3)no2)cc1. The van der Waals surface area contributed by atoms with E-state index in [0.29, 0.717) is 16.9 Å². The predicted molar refractivity (Wildman–Crippen MR) is 98.6 cm³/mol. The Balaban J connectivity index is 1.52. The lowest BCUT2D eigenvalue weighted by atomic mass is 10.1. The summed E-state index contributed by atoms with van der Waals surface area (Å²) in [7, 11) is 1.28. The lowest BCUT2D eigenvalue weighted by Crippen LogP contribution is -2.20. The Morgan fingerprint density at radius 3 is 2.39 bits per heavy atom. The van der Waals surface area contributed by atoms with Crippen molar-refractivity contribution in [2.45, 2.75) is 0 Å². The molecule has 28 heavy (non-hydrogen) atoms. The highest BCUT2D eigenvalue weighted by Gasteiger charge is 2.17. The zero-order chi connectivity index (χ0) is 19.9. The lowest BCUT2D eigenvalue weighted by molar-refractivity contribution is -0.119. The molecule has 0 atom stereocenters. The Bertz CT molecular complexity index is 979. The number of benzene rings is 2. The number of rotatable bonds is 6. The third-order valence-electron chi connectivity index (χ3n) is 3.71. The molecular formula is C20H16N2O6. The molecule has 8 nitrogen and oxygen atoms in total. The minimum atomic E-state index is -0.800. The topological polar surface area (TPSA) is 108 Å². The third-order valence-corrected chi connectivity index (χ3v) is 3.71. The number of nitrogens with zero attached hydrogens (tertiary/aromatic N) is 1. The van der Waals surface area contributed by atoms with Crippen LogP contribution in [0, 0.1) is 0 Å². The average molecular weight is 380 g/mol. The van der Waals surface area contributed by atoms with Crippen LogP contribution in [0.2, 0.25) is 0 Å². The van der Waals surface area contributed by atoms with Gasteiger partial charge < -0.3 is 19.3 Å². The maximum atomic E-state index is 12.0. The molecule has 3 rings (SSSR count). The Kier molecular flexibility index (Phi) is 5.81. The first-order valence-corrected chi connectivity index (χ1v) is 8.24. The highest BCUT2D eigenvalue weighted by Crippen LogP contribution is 2.19. The van der Waals surface area contributed by atoms with Gasteiger partial charge in [0.2, 0.25) is 5.76 Å². The third kappa shape index (κ3) is 4.61. The van der Waals surface area contributed by atoms with Gasteiger partial charge in [-0.2, -0.15) is 0 Å². The molecule has 0 fully saturated rings. The fourth-order valence-corrected chi connectivity index (χ4v) is 2.32. The van der Waals surface area contributed by atoms with Gasteiger partial charge in [-0.3, -0.25) is 4.79 Å². The van der Waals surface area contributed by atoms with Gasteiger partial charge in [-0.05, 0) is 24.3 Å². The van der Waals surface area contributed by atoms with E-state index in [4.69, 9.17) is 9.26 Å². The lowest BCUT2D eigenvalue weighted by Gasteiger charge is -2.06. The molecular weight excluding hydrogens is 364 g/mol. The van der Waals surface area contributed by atoms with Gasteiger partial charge in [0, 0.05) is 17.3 Å². The number of anilines is 1. The molecule has 0 radical (unpaired) electrons. The van der Waals surface area contributed by atoms with E-state index in [1.165, 1.54) is 37.4 Å². The monoisotopic (exact) mass is 380 g/mol. The number of ether oxygens (including phenoxy) is 2. The molecule has 142 valence electrons. The summed E-state index contributed by atoms with van der Waals surface area (Å²) in [6, 6.07) is 16.7. The number of esters is 2. The molecule has 0 unspecified atom stereocenters. The molecule has 0 saturated carbocycles. The van der Waals surface area contributed by atoms with Crippen molar-refractivity contribution in [1.82, 2.24) is 5.16 Å². The summed E-state index contributed by atoms with van der Waals surface area (Å²) in [6.45, 7) is -0.501. The predicted octanol–water partition coefficient (Wildman–Crippen LogP) is 2.92. The van der Waals surface area contributed by atoms with E-state index in [0.717, 1.165) is 5.56 Å². The van der Waals surface area contributed by atoms with Gasteiger partial charge >= 0.3 is 11.9 Å². The minimum absolute atomic E-state index is 0.103. The van der Waals surface area contributed by atoms with Crippen LogP contribution in [0.4, 0.5) is 5.69 Å². The first kappa shape index (κ1) is 18.8. The highest BCUT2D eigenvalue weighted by molar-refractivity contribution is 5.95. The van der Waals surface area contributed by atoms with Gasteiger partial charge in [0.1, 0.15) is 5.69 Å². The van der Waals surface area contributed by atoms with Gasteiger partial charge in [0.25, 0.3) is 5.91 Å². The summed E-state index contributed by atoms with van der Waals surface area (Å²) < 4.78 is 14.5. The summed E-state index contributed by atoms with van der Waals surface area (Å²) in [5.41, 5.74) is 2.08. The van der Waals surface area contributed by atoms with Crippen LogP contribution in [0.5, 0.6) is 0 Å². The van der Waals surface area contributed by atoms with Gasteiger partial charge in [-0.25, -0.2) is 9.59 Å². The van der Waals surface area contributed by atoms with Crippen molar-refractivity contribution in [2.24, 2.45) is 0 Å². The summed E-state index contributed by atoms with van der Waals surface area (Å²) >= 11 is 0. The Hall–Kier alpha value is -3.94. The summed E-state index contributed by atoms with van der Waals surface area (Å²) in [5.74, 6) is -1.92. The molecule has 3 aromatic rings. The van der Waals surface area contributed by atoms with Crippen LogP contribution in [-0.4, -0.2) is 36.7 Å². The number of aromatic nitrogens is 1. The summed E-state index contributed by atoms with van der Waals surface area (Å²) in [5, 5.41) is 6.37. The van der Waals surface area contributed by atoms with E-state index in [1.807, 2.05) is 30.3 Å². The molecule has 1 aromatic heterocycles. The van der Waals surface area contributed by atoms with Crippen LogP contribution >= 0.6 is 0 Å². The number of methoxy groups -OCH3 is 1. The minimum Gasteiger partial charge on any atom is -0.465 e.